The molecule has 1 heterocycles. The van der Waals surface area contributed by atoms with Crippen molar-refractivity contribution < 1.29 is 18.0 Å². The molecule has 1 aliphatic heterocycles. The summed E-state index contributed by atoms with van der Waals surface area (Å²) in [7, 11) is 0. The Kier molecular flexibility index (Phi) is 5.96. The molecule has 27 heavy (non-hydrogen) atoms. The van der Waals surface area contributed by atoms with Crippen molar-refractivity contribution in [1.29, 1.82) is 0 Å². The van der Waals surface area contributed by atoms with Gasteiger partial charge in [-0.3, -0.25) is 10.2 Å². The standard InChI is InChI=1S/C19H20F3N3OS/c20-19(21,22)15-2-1-3-16(11-15)25-8-9-27-12-17(25)10-13-4-6-14(7-5-13)18(26)24-23/h1-7,11,17H,8-10,12,23H2,(H,24,26). The summed E-state index contributed by atoms with van der Waals surface area (Å²) in [5.74, 6) is 6.48. The van der Waals surface area contributed by atoms with Crippen LogP contribution in [-0.4, -0.2) is 30.0 Å². The van der Waals surface area contributed by atoms with Gasteiger partial charge in [0, 0.05) is 35.3 Å². The molecule has 0 aromatic heterocycles. The lowest BCUT2D eigenvalue weighted by Crippen LogP contribution is -2.44. The third kappa shape index (κ3) is 4.75. The number of nitrogens with zero attached hydrogens (tertiary/aromatic N) is 1. The van der Waals surface area contributed by atoms with Crippen molar-refractivity contribution in [2.75, 3.05) is 23.0 Å². The zero-order chi connectivity index (χ0) is 19.4. The molecule has 0 radical (unpaired) electrons. The molecule has 2 aromatic rings. The Balaban J connectivity index is 1.79. The van der Waals surface area contributed by atoms with E-state index in [0.29, 0.717) is 24.2 Å². The number of nitrogens with one attached hydrogen (secondary N) is 1. The molecule has 0 aliphatic carbocycles. The normalized spacial score (nSPS) is 17.6. The molecular formula is C19H20F3N3OS. The molecule has 8 heteroatoms. The Bertz CT molecular complexity index is 796. The van der Waals surface area contributed by atoms with Crippen molar-refractivity contribution in [3.8, 4) is 0 Å². The van der Waals surface area contributed by atoms with Crippen LogP contribution in [0.4, 0.5) is 18.9 Å². The van der Waals surface area contributed by atoms with Gasteiger partial charge in [0.15, 0.2) is 0 Å². The number of alkyl halides is 3. The number of thioether (sulfide) groups is 1. The molecule has 1 saturated heterocycles. The minimum atomic E-state index is -4.35. The number of anilines is 1. The van der Waals surface area contributed by atoms with Crippen LogP contribution in [0.2, 0.25) is 0 Å². The Labute approximate surface area is 159 Å². The van der Waals surface area contributed by atoms with Crippen molar-refractivity contribution in [1.82, 2.24) is 5.43 Å². The number of benzene rings is 2. The van der Waals surface area contributed by atoms with Crippen molar-refractivity contribution in [2.45, 2.75) is 18.6 Å². The summed E-state index contributed by atoms with van der Waals surface area (Å²) in [6.07, 6.45) is -3.66. The van der Waals surface area contributed by atoms with E-state index >= 15 is 0 Å². The molecule has 1 atom stereocenters. The fourth-order valence-electron chi connectivity index (χ4n) is 3.17. The third-order valence-electron chi connectivity index (χ3n) is 4.55. The molecule has 3 rings (SSSR count). The van der Waals surface area contributed by atoms with Crippen molar-refractivity contribution in [3.05, 3.63) is 65.2 Å². The molecule has 1 fully saturated rings. The number of rotatable bonds is 4. The first-order valence-corrected chi connectivity index (χ1v) is 9.65. The molecule has 0 saturated carbocycles. The second kappa shape index (κ2) is 8.22. The molecule has 144 valence electrons. The number of nitrogen functional groups attached to an aromatic ring is 1. The highest BCUT2D eigenvalue weighted by Crippen LogP contribution is 2.33. The highest BCUT2D eigenvalue weighted by Gasteiger charge is 2.32. The lowest BCUT2D eigenvalue weighted by atomic mass is 10.0. The topological polar surface area (TPSA) is 58.4 Å². The lowest BCUT2D eigenvalue weighted by molar-refractivity contribution is -0.137. The minimum Gasteiger partial charge on any atom is -0.367 e. The van der Waals surface area contributed by atoms with Crippen molar-refractivity contribution >= 4 is 23.4 Å². The Morgan fingerprint density at radius 3 is 2.63 bits per heavy atom. The van der Waals surface area contributed by atoms with Gasteiger partial charge in [0.2, 0.25) is 0 Å². The number of halogens is 3. The quantitative estimate of drug-likeness (QED) is 0.473. The molecule has 1 amide bonds. The maximum atomic E-state index is 13.0. The van der Waals surface area contributed by atoms with Crippen LogP contribution in [0.25, 0.3) is 0 Å². The highest BCUT2D eigenvalue weighted by atomic mass is 32.2. The predicted molar refractivity (Wildman–Crippen MR) is 102 cm³/mol. The van der Waals surface area contributed by atoms with Gasteiger partial charge in [-0.05, 0) is 42.3 Å². The van der Waals surface area contributed by atoms with Crippen LogP contribution in [-0.2, 0) is 12.6 Å². The zero-order valence-corrected chi connectivity index (χ0v) is 15.3. The van der Waals surface area contributed by atoms with E-state index in [-0.39, 0.29) is 11.9 Å². The van der Waals surface area contributed by atoms with E-state index in [1.807, 2.05) is 17.0 Å². The van der Waals surface area contributed by atoms with Crippen LogP contribution in [0.15, 0.2) is 48.5 Å². The average Bonchev–Trinajstić information content (AvgIpc) is 2.68. The van der Waals surface area contributed by atoms with E-state index in [0.717, 1.165) is 23.1 Å². The molecule has 4 nitrogen and oxygen atoms in total. The number of amides is 1. The number of hydrogen-bond donors (Lipinski definition) is 2. The van der Waals surface area contributed by atoms with Crippen LogP contribution in [0.3, 0.4) is 0 Å². The second-order valence-corrected chi connectivity index (χ2v) is 7.49. The van der Waals surface area contributed by atoms with Gasteiger partial charge in [-0.25, -0.2) is 5.84 Å². The first kappa shape index (κ1) is 19.6. The number of hydrogen-bond acceptors (Lipinski definition) is 4. The van der Waals surface area contributed by atoms with E-state index < -0.39 is 11.7 Å². The molecule has 1 aliphatic rings. The van der Waals surface area contributed by atoms with E-state index in [9.17, 15) is 18.0 Å². The molecule has 0 spiro atoms. The van der Waals surface area contributed by atoms with Gasteiger partial charge in [0.05, 0.1) is 5.56 Å². The largest absolute Gasteiger partial charge is 0.416 e. The predicted octanol–water partition coefficient (Wildman–Crippen LogP) is 3.47. The van der Waals surface area contributed by atoms with Crippen molar-refractivity contribution in [2.24, 2.45) is 5.84 Å². The molecule has 2 aromatic carbocycles. The second-order valence-electron chi connectivity index (χ2n) is 6.34. The molecule has 1 unspecified atom stereocenters. The van der Waals surface area contributed by atoms with E-state index in [1.165, 1.54) is 12.1 Å². The van der Waals surface area contributed by atoms with Crippen molar-refractivity contribution in [3.63, 3.8) is 0 Å². The summed E-state index contributed by atoms with van der Waals surface area (Å²) in [5.41, 5.74) is 3.54. The Morgan fingerprint density at radius 1 is 1.22 bits per heavy atom. The number of nitrogens with two attached hydrogens (primary N) is 1. The maximum absolute atomic E-state index is 13.0. The molecule has 0 bridgehead atoms. The van der Waals surface area contributed by atoms with E-state index in [2.05, 4.69) is 5.43 Å². The van der Waals surface area contributed by atoms with Gasteiger partial charge in [0.1, 0.15) is 0 Å². The zero-order valence-electron chi connectivity index (χ0n) is 14.5. The summed E-state index contributed by atoms with van der Waals surface area (Å²) in [6.45, 7) is 0.699. The van der Waals surface area contributed by atoms with Gasteiger partial charge >= 0.3 is 6.18 Å². The fourth-order valence-corrected chi connectivity index (χ4v) is 4.23. The summed E-state index contributed by atoms with van der Waals surface area (Å²) in [4.78, 5) is 13.6. The van der Waals surface area contributed by atoms with Gasteiger partial charge < -0.3 is 4.90 Å². The monoisotopic (exact) mass is 395 g/mol. The Hall–Kier alpha value is -2.19. The Morgan fingerprint density at radius 2 is 1.96 bits per heavy atom. The number of carbonyl (C=O) groups excluding carboxylic acids is 1. The van der Waals surface area contributed by atoms with Crippen LogP contribution >= 0.6 is 11.8 Å². The van der Waals surface area contributed by atoms with Gasteiger partial charge in [0.25, 0.3) is 5.91 Å². The van der Waals surface area contributed by atoms with Gasteiger partial charge in [-0.1, -0.05) is 18.2 Å². The third-order valence-corrected chi connectivity index (χ3v) is 5.64. The van der Waals surface area contributed by atoms with Gasteiger partial charge in [-0.15, -0.1) is 0 Å². The minimum absolute atomic E-state index is 0.0846. The van der Waals surface area contributed by atoms with Crippen LogP contribution in [0.5, 0.6) is 0 Å². The summed E-state index contributed by atoms with van der Waals surface area (Å²) in [5, 5.41) is 0. The molecule has 3 N–H and O–H groups in total. The number of hydrazine groups is 1. The van der Waals surface area contributed by atoms with Gasteiger partial charge in [-0.2, -0.15) is 24.9 Å². The number of carbonyl (C=O) groups is 1. The SMILES string of the molecule is NNC(=O)c1ccc(CC2CSCCN2c2cccc(C(F)(F)F)c2)cc1. The summed E-state index contributed by atoms with van der Waals surface area (Å²) in [6, 6.07) is 12.7. The first-order valence-electron chi connectivity index (χ1n) is 8.50. The summed E-state index contributed by atoms with van der Waals surface area (Å²) < 4.78 is 39.1. The first-order chi connectivity index (χ1) is 12.9. The maximum Gasteiger partial charge on any atom is 0.416 e. The lowest BCUT2D eigenvalue weighted by Gasteiger charge is -2.37. The fraction of sp³-hybridized carbons (Fsp3) is 0.316. The highest BCUT2D eigenvalue weighted by molar-refractivity contribution is 7.99. The molecular weight excluding hydrogens is 375 g/mol. The van der Waals surface area contributed by atoms with E-state index in [1.54, 1.807) is 30.0 Å². The van der Waals surface area contributed by atoms with Crippen LogP contribution in [0, 0.1) is 0 Å². The van der Waals surface area contributed by atoms with Crippen LogP contribution in [0.1, 0.15) is 21.5 Å². The summed E-state index contributed by atoms with van der Waals surface area (Å²) >= 11 is 1.80. The van der Waals surface area contributed by atoms with E-state index in [4.69, 9.17) is 5.84 Å². The smallest absolute Gasteiger partial charge is 0.367 e. The average molecular weight is 395 g/mol. The van der Waals surface area contributed by atoms with Crippen LogP contribution < -0.4 is 16.2 Å².